The van der Waals surface area contributed by atoms with Gasteiger partial charge in [-0.25, -0.2) is 4.79 Å². The Labute approximate surface area is 91.3 Å². The van der Waals surface area contributed by atoms with Crippen LogP contribution >= 0.6 is 0 Å². The van der Waals surface area contributed by atoms with E-state index in [0.717, 1.165) is 25.9 Å². The zero-order valence-electron chi connectivity index (χ0n) is 9.82. The number of hydrogen-bond donors (Lipinski definition) is 1. The lowest BCUT2D eigenvalue weighted by molar-refractivity contribution is 0.00888. The van der Waals surface area contributed by atoms with Crippen LogP contribution in [0, 0.1) is 0 Å². The normalized spacial score (nSPS) is 17.9. The van der Waals surface area contributed by atoms with Crippen molar-refractivity contribution < 1.29 is 9.63 Å². The van der Waals surface area contributed by atoms with Crippen molar-refractivity contribution in [2.24, 2.45) is 0 Å². The zero-order valence-corrected chi connectivity index (χ0v) is 9.82. The third kappa shape index (κ3) is 3.68. The Balaban J connectivity index is 2.26. The van der Waals surface area contributed by atoms with E-state index in [1.165, 1.54) is 0 Å². The molecule has 0 spiro atoms. The highest BCUT2D eigenvalue weighted by Crippen LogP contribution is 2.11. The van der Waals surface area contributed by atoms with Crippen molar-refractivity contribution in [1.29, 1.82) is 0 Å². The van der Waals surface area contributed by atoms with Gasteiger partial charge in [0.1, 0.15) is 0 Å². The van der Waals surface area contributed by atoms with Crippen LogP contribution in [0.1, 0.15) is 19.8 Å². The maximum absolute atomic E-state index is 11.6. The smallest absolute Gasteiger partial charge is 0.319 e. The average molecular weight is 215 g/mol. The number of piperidine rings is 1. The fourth-order valence-corrected chi connectivity index (χ4v) is 1.67. The molecular weight excluding hydrogens is 194 g/mol. The van der Waals surface area contributed by atoms with Gasteiger partial charge in [-0.15, -0.1) is 0 Å². The maximum Gasteiger partial charge on any atom is 0.319 e. The highest BCUT2D eigenvalue weighted by molar-refractivity contribution is 5.73. The Morgan fingerprint density at radius 3 is 2.53 bits per heavy atom. The monoisotopic (exact) mass is 215 g/mol. The number of nitrogens with zero attached hydrogens (tertiary/aromatic N) is 2. The molecule has 5 heteroatoms. The van der Waals surface area contributed by atoms with Crippen LogP contribution in [-0.4, -0.2) is 55.7 Å². The van der Waals surface area contributed by atoms with Crippen LogP contribution in [0.2, 0.25) is 0 Å². The first-order valence-electron chi connectivity index (χ1n) is 5.48. The molecule has 1 aliphatic rings. The molecule has 88 valence electrons. The highest BCUT2D eigenvalue weighted by atomic mass is 16.6. The summed E-state index contributed by atoms with van der Waals surface area (Å²) in [7, 11) is 3.57. The minimum atomic E-state index is 0.102. The topological polar surface area (TPSA) is 44.8 Å². The summed E-state index contributed by atoms with van der Waals surface area (Å²) in [4.78, 5) is 20.3. The molecule has 0 aliphatic carbocycles. The van der Waals surface area contributed by atoms with Gasteiger partial charge >= 0.3 is 6.03 Å². The van der Waals surface area contributed by atoms with Crippen molar-refractivity contribution in [1.82, 2.24) is 15.3 Å². The molecular formula is C10H21N3O2. The van der Waals surface area contributed by atoms with Crippen LogP contribution in [0.25, 0.3) is 0 Å². The molecule has 2 amide bonds. The number of rotatable bonds is 3. The quantitative estimate of drug-likeness (QED) is 0.704. The number of carbonyl (C=O) groups is 1. The van der Waals surface area contributed by atoms with Gasteiger partial charge in [0.25, 0.3) is 0 Å². The number of carbonyl (C=O) groups excluding carboxylic acids is 1. The van der Waals surface area contributed by atoms with Crippen molar-refractivity contribution in [3.63, 3.8) is 0 Å². The van der Waals surface area contributed by atoms with Crippen LogP contribution in [-0.2, 0) is 4.84 Å². The van der Waals surface area contributed by atoms with Crippen molar-refractivity contribution in [2.75, 3.05) is 33.8 Å². The lowest BCUT2D eigenvalue weighted by Crippen LogP contribution is -2.48. The predicted octanol–water partition coefficient (Wildman–Crippen LogP) is 0.674. The summed E-state index contributed by atoms with van der Waals surface area (Å²) in [6.45, 7) is 4.25. The van der Waals surface area contributed by atoms with Gasteiger partial charge in [-0.2, -0.15) is 5.48 Å². The van der Waals surface area contributed by atoms with Crippen LogP contribution < -0.4 is 5.48 Å². The summed E-state index contributed by atoms with van der Waals surface area (Å²) < 4.78 is 0. The van der Waals surface area contributed by atoms with Gasteiger partial charge < -0.3 is 14.6 Å². The summed E-state index contributed by atoms with van der Waals surface area (Å²) in [6, 6.07) is 0.487. The summed E-state index contributed by atoms with van der Waals surface area (Å²) in [6.07, 6.45) is 1.92. The van der Waals surface area contributed by atoms with E-state index in [0.29, 0.717) is 12.6 Å². The molecule has 0 aromatic rings. The predicted molar refractivity (Wildman–Crippen MR) is 58.4 cm³/mol. The largest absolute Gasteiger partial charge is 0.331 e. The molecule has 0 aromatic carbocycles. The molecule has 1 N–H and O–H groups in total. The second kappa shape index (κ2) is 5.92. The number of urea groups is 1. The minimum Gasteiger partial charge on any atom is -0.331 e. The first-order chi connectivity index (χ1) is 7.15. The molecule has 15 heavy (non-hydrogen) atoms. The van der Waals surface area contributed by atoms with Crippen molar-refractivity contribution in [3.8, 4) is 0 Å². The van der Waals surface area contributed by atoms with Gasteiger partial charge in [0.15, 0.2) is 0 Å². The molecule has 0 atom stereocenters. The van der Waals surface area contributed by atoms with Gasteiger partial charge in [-0.1, -0.05) is 0 Å². The highest BCUT2D eigenvalue weighted by Gasteiger charge is 2.23. The lowest BCUT2D eigenvalue weighted by Gasteiger charge is -2.33. The Morgan fingerprint density at radius 2 is 2.07 bits per heavy atom. The fourth-order valence-electron chi connectivity index (χ4n) is 1.67. The SMILES string of the molecule is CCONC1CCN(C(=O)N(C)C)CC1. The van der Waals surface area contributed by atoms with E-state index in [1.54, 1.807) is 19.0 Å². The molecule has 1 saturated heterocycles. The molecule has 1 heterocycles. The van der Waals surface area contributed by atoms with E-state index in [1.807, 2.05) is 11.8 Å². The van der Waals surface area contributed by atoms with Crippen LogP contribution in [0.5, 0.6) is 0 Å². The fraction of sp³-hybridized carbons (Fsp3) is 0.900. The average Bonchev–Trinajstić information content (AvgIpc) is 2.26. The third-order valence-corrected chi connectivity index (χ3v) is 2.54. The van der Waals surface area contributed by atoms with Crippen molar-refractivity contribution in [2.45, 2.75) is 25.8 Å². The van der Waals surface area contributed by atoms with E-state index in [9.17, 15) is 4.79 Å². The zero-order chi connectivity index (χ0) is 11.3. The number of hydrogen-bond acceptors (Lipinski definition) is 3. The standard InChI is InChI=1S/C10H21N3O2/c1-4-15-11-9-5-7-13(8-6-9)10(14)12(2)3/h9,11H,4-8H2,1-3H3. The van der Waals surface area contributed by atoms with E-state index in [2.05, 4.69) is 5.48 Å². The number of hydroxylamine groups is 1. The third-order valence-electron chi connectivity index (χ3n) is 2.54. The Bertz CT molecular complexity index is 201. The molecule has 5 nitrogen and oxygen atoms in total. The molecule has 0 aromatic heterocycles. The van der Waals surface area contributed by atoms with Crippen LogP contribution in [0.4, 0.5) is 4.79 Å². The first-order valence-corrected chi connectivity index (χ1v) is 5.48. The second-order valence-electron chi connectivity index (χ2n) is 3.99. The Morgan fingerprint density at radius 1 is 1.47 bits per heavy atom. The van der Waals surface area contributed by atoms with Crippen LogP contribution in [0.15, 0.2) is 0 Å². The van der Waals surface area contributed by atoms with Gasteiger partial charge in [0.2, 0.25) is 0 Å². The summed E-state index contributed by atoms with van der Waals surface area (Å²) in [5.41, 5.74) is 3.01. The van der Waals surface area contributed by atoms with E-state index in [-0.39, 0.29) is 6.03 Å². The summed E-state index contributed by atoms with van der Waals surface area (Å²) in [5, 5.41) is 0. The second-order valence-corrected chi connectivity index (χ2v) is 3.99. The first kappa shape index (κ1) is 12.3. The number of likely N-dealkylation sites (tertiary alicyclic amines) is 1. The molecule has 0 bridgehead atoms. The summed E-state index contributed by atoms with van der Waals surface area (Å²) in [5.74, 6) is 0. The molecule has 0 saturated carbocycles. The van der Waals surface area contributed by atoms with Gasteiger partial charge in [-0.3, -0.25) is 0 Å². The van der Waals surface area contributed by atoms with Gasteiger partial charge in [0.05, 0.1) is 6.61 Å². The minimum absolute atomic E-state index is 0.102. The maximum atomic E-state index is 11.6. The van der Waals surface area contributed by atoms with Gasteiger partial charge in [-0.05, 0) is 19.8 Å². The number of nitrogens with one attached hydrogen (secondary N) is 1. The summed E-state index contributed by atoms with van der Waals surface area (Å²) >= 11 is 0. The van der Waals surface area contributed by atoms with Crippen LogP contribution in [0.3, 0.4) is 0 Å². The lowest BCUT2D eigenvalue weighted by atomic mass is 10.1. The number of amides is 2. The van der Waals surface area contributed by atoms with E-state index in [4.69, 9.17) is 4.84 Å². The van der Waals surface area contributed by atoms with Crippen molar-refractivity contribution >= 4 is 6.03 Å². The van der Waals surface area contributed by atoms with E-state index < -0.39 is 0 Å². The van der Waals surface area contributed by atoms with Gasteiger partial charge in [0, 0.05) is 33.2 Å². The molecule has 1 fully saturated rings. The van der Waals surface area contributed by atoms with E-state index >= 15 is 0 Å². The molecule has 1 aliphatic heterocycles. The Kier molecular flexibility index (Phi) is 4.84. The molecule has 1 rings (SSSR count). The molecule has 0 radical (unpaired) electrons. The Hall–Kier alpha value is -0.810. The molecule has 0 unspecified atom stereocenters. The van der Waals surface area contributed by atoms with Crippen molar-refractivity contribution in [3.05, 3.63) is 0 Å².